The van der Waals surface area contributed by atoms with Gasteiger partial charge in [0.15, 0.2) is 5.96 Å². The first-order valence-electron chi connectivity index (χ1n) is 11.4. The number of ether oxygens (including phenoxy) is 2. The van der Waals surface area contributed by atoms with Gasteiger partial charge in [-0.3, -0.25) is 9.89 Å². The number of hydrogen-bond acceptors (Lipinski definition) is 5. The summed E-state index contributed by atoms with van der Waals surface area (Å²) in [7, 11) is 3.55. The van der Waals surface area contributed by atoms with Crippen LogP contribution in [0.3, 0.4) is 0 Å². The Hall–Kier alpha value is -1.10. The number of likely N-dealkylation sites (tertiary alicyclic amines) is 1. The van der Waals surface area contributed by atoms with Gasteiger partial charge in [-0.25, -0.2) is 0 Å². The summed E-state index contributed by atoms with van der Waals surface area (Å²) in [4.78, 5) is 9.50. The van der Waals surface area contributed by atoms with Crippen LogP contribution in [0, 0.1) is 0 Å². The number of guanidine groups is 1. The van der Waals surface area contributed by atoms with E-state index < -0.39 is 0 Å². The molecule has 8 heteroatoms. The molecule has 1 atom stereocenters. The van der Waals surface area contributed by atoms with Crippen LogP contribution in [0.5, 0.6) is 5.75 Å². The smallest absolute Gasteiger partial charge is 0.191 e. The van der Waals surface area contributed by atoms with Crippen LogP contribution in [0.25, 0.3) is 0 Å². The fraction of sp³-hybridized carbons (Fsp3) is 0.696. The zero-order valence-electron chi connectivity index (χ0n) is 19.1. The maximum absolute atomic E-state index is 5.57. The summed E-state index contributed by atoms with van der Waals surface area (Å²) >= 11 is 0. The van der Waals surface area contributed by atoms with Crippen LogP contribution in [0.15, 0.2) is 29.3 Å². The van der Waals surface area contributed by atoms with Crippen LogP contribution >= 0.6 is 24.0 Å². The van der Waals surface area contributed by atoms with Crippen molar-refractivity contribution in [3.05, 3.63) is 29.8 Å². The van der Waals surface area contributed by atoms with Crippen molar-refractivity contribution in [2.45, 2.75) is 31.7 Å². The van der Waals surface area contributed by atoms with E-state index in [1.807, 2.05) is 19.2 Å². The normalized spacial score (nSPS) is 19.7. The van der Waals surface area contributed by atoms with Gasteiger partial charge >= 0.3 is 0 Å². The zero-order chi connectivity index (χ0) is 21.0. The van der Waals surface area contributed by atoms with Crippen LogP contribution < -0.4 is 15.4 Å². The minimum Gasteiger partial charge on any atom is -0.497 e. The molecule has 0 spiro atoms. The van der Waals surface area contributed by atoms with E-state index in [0.29, 0.717) is 0 Å². The second-order valence-corrected chi connectivity index (χ2v) is 8.07. The van der Waals surface area contributed by atoms with Gasteiger partial charge in [-0.05, 0) is 43.6 Å². The standard InChI is InChI=1S/C23H39N5O2.HI/c1-24-23(25-11-14-27-12-5-3-4-6-13-27)26-19-22(28-15-17-30-18-16-28)20-7-9-21(29-2)10-8-20;/h7-10,22H,3-6,11-19H2,1-2H3,(H2,24,25,26);1H. The third-order valence-electron chi connectivity index (χ3n) is 6.09. The molecule has 2 N–H and O–H groups in total. The number of morpholine rings is 1. The third kappa shape index (κ3) is 8.75. The molecular weight excluding hydrogens is 505 g/mol. The van der Waals surface area contributed by atoms with Gasteiger partial charge in [-0.1, -0.05) is 25.0 Å². The monoisotopic (exact) mass is 545 g/mol. The molecule has 3 rings (SSSR count). The minimum atomic E-state index is 0. The molecule has 1 aromatic carbocycles. The van der Waals surface area contributed by atoms with Gasteiger partial charge in [-0.2, -0.15) is 0 Å². The first kappa shape index (κ1) is 26.2. The Labute approximate surface area is 205 Å². The van der Waals surface area contributed by atoms with Gasteiger partial charge in [0.1, 0.15) is 5.75 Å². The number of benzene rings is 1. The quantitative estimate of drug-likeness (QED) is 0.298. The van der Waals surface area contributed by atoms with E-state index in [9.17, 15) is 0 Å². The SMILES string of the molecule is CN=C(NCCN1CCCCCC1)NCC(c1ccc(OC)cc1)N1CCOCC1.I. The first-order chi connectivity index (χ1) is 14.8. The van der Waals surface area contributed by atoms with Crippen LogP contribution in [0.1, 0.15) is 37.3 Å². The average molecular weight is 546 g/mol. The van der Waals surface area contributed by atoms with Gasteiger partial charge in [0.05, 0.1) is 26.4 Å². The Balaban J connectivity index is 0.00000341. The highest BCUT2D eigenvalue weighted by Gasteiger charge is 2.23. The maximum Gasteiger partial charge on any atom is 0.191 e. The molecule has 2 heterocycles. The molecule has 2 aliphatic rings. The number of methoxy groups -OCH3 is 1. The summed E-state index contributed by atoms with van der Waals surface area (Å²) < 4.78 is 10.9. The largest absolute Gasteiger partial charge is 0.497 e. The molecule has 0 radical (unpaired) electrons. The van der Waals surface area contributed by atoms with Crippen molar-refractivity contribution in [1.82, 2.24) is 20.4 Å². The van der Waals surface area contributed by atoms with Gasteiger partial charge in [0.25, 0.3) is 0 Å². The molecule has 0 bridgehead atoms. The number of nitrogens with one attached hydrogen (secondary N) is 2. The molecule has 176 valence electrons. The molecule has 7 nitrogen and oxygen atoms in total. The summed E-state index contributed by atoms with van der Waals surface area (Å²) in [6.07, 6.45) is 5.41. The molecule has 2 aliphatic heterocycles. The van der Waals surface area contributed by atoms with Gasteiger partial charge in [0, 0.05) is 39.8 Å². The summed E-state index contributed by atoms with van der Waals surface area (Å²) in [5.41, 5.74) is 1.28. The molecule has 0 aromatic heterocycles. The van der Waals surface area contributed by atoms with E-state index in [4.69, 9.17) is 9.47 Å². The van der Waals surface area contributed by atoms with Crippen LogP contribution in [0.4, 0.5) is 0 Å². The summed E-state index contributed by atoms with van der Waals surface area (Å²) in [5, 5.41) is 7.05. The maximum atomic E-state index is 5.57. The molecule has 0 saturated carbocycles. The number of hydrogen-bond donors (Lipinski definition) is 2. The van der Waals surface area contributed by atoms with Gasteiger partial charge in [-0.15, -0.1) is 24.0 Å². The second-order valence-electron chi connectivity index (χ2n) is 8.07. The van der Waals surface area contributed by atoms with Crippen molar-refractivity contribution in [2.75, 3.05) is 73.2 Å². The Bertz CT molecular complexity index is 629. The molecule has 2 saturated heterocycles. The number of aliphatic imine (C=N–C) groups is 1. The number of rotatable bonds is 8. The van der Waals surface area contributed by atoms with Crippen molar-refractivity contribution >= 4 is 29.9 Å². The average Bonchev–Trinajstić information content (AvgIpc) is 3.08. The third-order valence-corrected chi connectivity index (χ3v) is 6.09. The van der Waals surface area contributed by atoms with E-state index in [1.165, 1.54) is 44.3 Å². The van der Waals surface area contributed by atoms with Crippen LogP contribution in [0.2, 0.25) is 0 Å². The van der Waals surface area contributed by atoms with Crippen LogP contribution in [-0.4, -0.2) is 88.9 Å². The molecular formula is C23H40IN5O2. The van der Waals surface area contributed by atoms with Crippen molar-refractivity contribution in [1.29, 1.82) is 0 Å². The molecule has 1 aromatic rings. The minimum absolute atomic E-state index is 0. The predicted molar refractivity (Wildman–Crippen MR) is 138 cm³/mol. The lowest BCUT2D eigenvalue weighted by molar-refractivity contribution is 0.0170. The highest BCUT2D eigenvalue weighted by molar-refractivity contribution is 14.0. The molecule has 1 unspecified atom stereocenters. The lowest BCUT2D eigenvalue weighted by Gasteiger charge is -2.35. The van der Waals surface area contributed by atoms with E-state index in [-0.39, 0.29) is 30.0 Å². The Morgan fingerprint density at radius 1 is 1.03 bits per heavy atom. The molecule has 2 fully saturated rings. The van der Waals surface area contributed by atoms with Crippen molar-refractivity contribution < 1.29 is 9.47 Å². The predicted octanol–water partition coefficient (Wildman–Crippen LogP) is 2.73. The summed E-state index contributed by atoms with van der Waals surface area (Å²) in [5.74, 6) is 1.76. The fourth-order valence-electron chi connectivity index (χ4n) is 4.28. The number of nitrogens with zero attached hydrogens (tertiary/aromatic N) is 3. The molecule has 0 amide bonds. The highest BCUT2D eigenvalue weighted by atomic mass is 127. The summed E-state index contributed by atoms with van der Waals surface area (Å²) in [6, 6.07) is 8.67. The van der Waals surface area contributed by atoms with Crippen molar-refractivity contribution in [2.24, 2.45) is 4.99 Å². The lowest BCUT2D eigenvalue weighted by Crippen LogP contribution is -2.47. The molecule has 31 heavy (non-hydrogen) atoms. The number of halogens is 1. The van der Waals surface area contributed by atoms with Crippen molar-refractivity contribution in [3.63, 3.8) is 0 Å². The second kappa shape index (κ2) is 14.9. The fourth-order valence-corrected chi connectivity index (χ4v) is 4.28. The van der Waals surface area contributed by atoms with Crippen molar-refractivity contribution in [3.8, 4) is 5.75 Å². The topological polar surface area (TPSA) is 61.4 Å². The van der Waals surface area contributed by atoms with E-state index in [1.54, 1.807) is 7.11 Å². The Kier molecular flexibility index (Phi) is 12.5. The van der Waals surface area contributed by atoms with E-state index in [0.717, 1.165) is 57.6 Å². The van der Waals surface area contributed by atoms with Gasteiger partial charge < -0.3 is 25.0 Å². The van der Waals surface area contributed by atoms with Gasteiger partial charge in [0.2, 0.25) is 0 Å². The zero-order valence-corrected chi connectivity index (χ0v) is 21.5. The Morgan fingerprint density at radius 3 is 2.32 bits per heavy atom. The van der Waals surface area contributed by atoms with E-state index >= 15 is 0 Å². The summed E-state index contributed by atoms with van der Waals surface area (Å²) in [6.45, 7) is 8.71. The van der Waals surface area contributed by atoms with Crippen LogP contribution in [-0.2, 0) is 4.74 Å². The lowest BCUT2D eigenvalue weighted by atomic mass is 10.0. The highest BCUT2D eigenvalue weighted by Crippen LogP contribution is 2.23. The first-order valence-corrected chi connectivity index (χ1v) is 11.4. The Morgan fingerprint density at radius 2 is 1.71 bits per heavy atom. The molecule has 0 aliphatic carbocycles. The van der Waals surface area contributed by atoms with E-state index in [2.05, 4.69) is 37.6 Å².